The van der Waals surface area contributed by atoms with Gasteiger partial charge in [-0.3, -0.25) is 9.36 Å². The van der Waals surface area contributed by atoms with E-state index >= 15 is 0 Å². The Kier molecular flexibility index (Phi) is 6.16. The van der Waals surface area contributed by atoms with Gasteiger partial charge < -0.3 is 4.74 Å². The molecule has 0 unspecified atom stereocenters. The predicted molar refractivity (Wildman–Crippen MR) is 106 cm³/mol. The third kappa shape index (κ3) is 4.26. The molecule has 0 saturated heterocycles. The monoisotopic (exact) mass is 428 g/mol. The molecule has 0 amide bonds. The van der Waals surface area contributed by atoms with Crippen LogP contribution in [0.5, 0.6) is 0 Å². The zero-order valence-corrected chi connectivity index (χ0v) is 17.2. The molecule has 2 aromatic heterocycles. The molecule has 0 aliphatic heterocycles. The maximum absolute atomic E-state index is 13.0. The molecule has 0 spiro atoms. The van der Waals surface area contributed by atoms with Gasteiger partial charge in [0.15, 0.2) is 5.16 Å². The van der Waals surface area contributed by atoms with Gasteiger partial charge in [0, 0.05) is 17.7 Å². The Morgan fingerprint density at radius 3 is 2.71 bits per heavy atom. The van der Waals surface area contributed by atoms with Crippen LogP contribution in [-0.4, -0.2) is 23.3 Å². The van der Waals surface area contributed by atoms with Gasteiger partial charge in [0.1, 0.15) is 4.83 Å². The van der Waals surface area contributed by atoms with Crippen LogP contribution in [0.25, 0.3) is 10.2 Å². The molecule has 0 fully saturated rings. The van der Waals surface area contributed by atoms with Crippen molar-refractivity contribution in [3.63, 3.8) is 0 Å². The molecule has 1 aromatic carbocycles. The Bertz CT molecular complexity index is 1060. The number of rotatable bonds is 6. The van der Waals surface area contributed by atoms with Gasteiger partial charge in [-0.1, -0.05) is 30.0 Å². The summed E-state index contributed by atoms with van der Waals surface area (Å²) < 4.78 is 45.4. The fourth-order valence-electron chi connectivity index (χ4n) is 2.78. The zero-order chi connectivity index (χ0) is 20.5. The Morgan fingerprint density at radius 2 is 2.04 bits per heavy atom. The van der Waals surface area contributed by atoms with Crippen LogP contribution in [0.3, 0.4) is 0 Å². The van der Waals surface area contributed by atoms with E-state index < -0.39 is 11.7 Å². The number of benzene rings is 1. The zero-order valence-electron chi connectivity index (χ0n) is 15.6. The van der Waals surface area contributed by atoms with Crippen molar-refractivity contribution >= 4 is 33.3 Å². The number of fused-ring (bicyclic) bond motifs is 1. The largest absolute Gasteiger partial charge is 0.416 e. The van der Waals surface area contributed by atoms with Crippen LogP contribution in [-0.2, 0) is 23.2 Å². The second-order valence-electron chi connectivity index (χ2n) is 6.29. The van der Waals surface area contributed by atoms with E-state index in [0.717, 1.165) is 22.6 Å². The Morgan fingerprint density at radius 1 is 1.29 bits per heavy atom. The van der Waals surface area contributed by atoms with E-state index in [1.54, 1.807) is 17.7 Å². The van der Waals surface area contributed by atoms with E-state index in [1.807, 2.05) is 13.8 Å². The molecule has 3 rings (SSSR count). The number of halogens is 3. The van der Waals surface area contributed by atoms with Crippen LogP contribution < -0.4 is 5.56 Å². The quantitative estimate of drug-likeness (QED) is 0.408. The first kappa shape index (κ1) is 20.9. The molecule has 150 valence electrons. The van der Waals surface area contributed by atoms with Crippen molar-refractivity contribution in [1.29, 1.82) is 0 Å². The highest BCUT2D eigenvalue weighted by Gasteiger charge is 2.30. The molecule has 28 heavy (non-hydrogen) atoms. The van der Waals surface area contributed by atoms with Gasteiger partial charge in [-0.2, -0.15) is 13.2 Å². The summed E-state index contributed by atoms with van der Waals surface area (Å²) in [4.78, 5) is 19.3. The highest BCUT2D eigenvalue weighted by atomic mass is 32.2. The minimum atomic E-state index is -4.38. The molecule has 0 N–H and O–H groups in total. The number of methoxy groups -OCH3 is 1. The smallest absolute Gasteiger partial charge is 0.383 e. The number of hydrogen-bond acceptors (Lipinski definition) is 5. The molecule has 0 atom stereocenters. The van der Waals surface area contributed by atoms with Crippen molar-refractivity contribution < 1.29 is 17.9 Å². The first-order chi connectivity index (χ1) is 13.2. The molecule has 3 aromatic rings. The van der Waals surface area contributed by atoms with Crippen LogP contribution in [0.4, 0.5) is 13.2 Å². The molecule has 0 saturated carbocycles. The summed E-state index contributed by atoms with van der Waals surface area (Å²) in [7, 11) is 1.55. The van der Waals surface area contributed by atoms with Gasteiger partial charge in [0.2, 0.25) is 0 Å². The molecule has 0 radical (unpaired) electrons. The number of thiophene rings is 1. The average Bonchev–Trinajstić information content (AvgIpc) is 2.93. The topological polar surface area (TPSA) is 44.1 Å². The lowest BCUT2D eigenvalue weighted by molar-refractivity contribution is -0.137. The van der Waals surface area contributed by atoms with Crippen molar-refractivity contribution in [3.8, 4) is 0 Å². The number of aromatic nitrogens is 2. The van der Waals surface area contributed by atoms with Gasteiger partial charge in [-0.25, -0.2) is 4.98 Å². The molecule has 0 aliphatic carbocycles. The molecule has 2 heterocycles. The van der Waals surface area contributed by atoms with Gasteiger partial charge >= 0.3 is 6.18 Å². The summed E-state index contributed by atoms with van der Waals surface area (Å²) in [5.74, 6) is 0.276. The number of aryl methyl sites for hydroxylation is 2. The summed E-state index contributed by atoms with van der Waals surface area (Å²) in [5.41, 5.74) is 0.606. The lowest BCUT2D eigenvalue weighted by atomic mass is 10.1. The fourth-order valence-corrected chi connectivity index (χ4v) is 4.82. The summed E-state index contributed by atoms with van der Waals surface area (Å²) in [5, 5.41) is 1.08. The lowest BCUT2D eigenvalue weighted by Crippen LogP contribution is -2.25. The number of hydrogen-bond donors (Lipinski definition) is 0. The SMILES string of the molecule is COCCn1c(SCc2cccc(C(F)(F)F)c2)nc2sc(C)c(C)c2c1=O. The normalized spacial score (nSPS) is 12.1. The highest BCUT2D eigenvalue weighted by Crippen LogP contribution is 2.32. The van der Waals surface area contributed by atoms with Gasteiger partial charge in [0.25, 0.3) is 5.56 Å². The average molecular weight is 429 g/mol. The van der Waals surface area contributed by atoms with Crippen molar-refractivity contribution in [2.75, 3.05) is 13.7 Å². The molecule has 0 aliphatic rings. The number of thioether (sulfide) groups is 1. The van der Waals surface area contributed by atoms with E-state index in [0.29, 0.717) is 34.1 Å². The van der Waals surface area contributed by atoms with E-state index in [-0.39, 0.29) is 11.3 Å². The fraction of sp³-hybridized carbons (Fsp3) is 0.368. The van der Waals surface area contributed by atoms with Crippen molar-refractivity contribution in [2.45, 2.75) is 37.5 Å². The highest BCUT2D eigenvalue weighted by molar-refractivity contribution is 7.98. The summed E-state index contributed by atoms with van der Waals surface area (Å²) in [6.07, 6.45) is -4.38. The molecule has 4 nitrogen and oxygen atoms in total. The molecule has 9 heteroatoms. The second kappa shape index (κ2) is 8.26. The Balaban J connectivity index is 1.97. The first-order valence-corrected chi connectivity index (χ1v) is 10.3. The van der Waals surface area contributed by atoms with E-state index in [2.05, 4.69) is 4.98 Å². The summed E-state index contributed by atoms with van der Waals surface area (Å²) >= 11 is 2.70. The lowest BCUT2D eigenvalue weighted by Gasteiger charge is -2.12. The predicted octanol–water partition coefficient (Wildman–Crippen LogP) is 5.03. The number of ether oxygens (including phenoxy) is 1. The van der Waals surface area contributed by atoms with Crippen LogP contribution >= 0.6 is 23.1 Å². The van der Waals surface area contributed by atoms with E-state index in [1.165, 1.54) is 29.2 Å². The maximum atomic E-state index is 13.0. The van der Waals surface area contributed by atoms with Crippen molar-refractivity contribution in [2.24, 2.45) is 0 Å². The van der Waals surface area contributed by atoms with Crippen LogP contribution in [0, 0.1) is 13.8 Å². The maximum Gasteiger partial charge on any atom is 0.416 e. The van der Waals surface area contributed by atoms with Gasteiger partial charge in [-0.15, -0.1) is 11.3 Å². The minimum absolute atomic E-state index is 0.143. The third-order valence-electron chi connectivity index (χ3n) is 4.40. The van der Waals surface area contributed by atoms with Crippen molar-refractivity contribution in [1.82, 2.24) is 9.55 Å². The minimum Gasteiger partial charge on any atom is -0.383 e. The molecule has 0 bridgehead atoms. The standard InChI is InChI=1S/C19H19F3N2O2S2/c1-11-12(2)28-16-15(11)17(25)24(7-8-26-3)18(23-16)27-10-13-5-4-6-14(9-13)19(20,21)22/h4-6,9H,7-8,10H2,1-3H3. The second-order valence-corrected chi connectivity index (χ2v) is 8.44. The van der Waals surface area contributed by atoms with Crippen LogP contribution in [0.1, 0.15) is 21.6 Å². The van der Waals surface area contributed by atoms with E-state index in [9.17, 15) is 18.0 Å². The van der Waals surface area contributed by atoms with Crippen LogP contribution in [0.15, 0.2) is 34.2 Å². The van der Waals surface area contributed by atoms with Gasteiger partial charge in [-0.05, 0) is 31.0 Å². The summed E-state index contributed by atoms with van der Waals surface area (Å²) in [6, 6.07) is 5.20. The van der Waals surface area contributed by atoms with E-state index in [4.69, 9.17) is 4.74 Å². The molecular weight excluding hydrogens is 409 g/mol. The Labute approximate surface area is 168 Å². The number of alkyl halides is 3. The molecular formula is C19H19F3N2O2S2. The third-order valence-corrected chi connectivity index (χ3v) is 6.54. The first-order valence-electron chi connectivity index (χ1n) is 8.50. The summed E-state index contributed by atoms with van der Waals surface area (Å²) in [6.45, 7) is 4.51. The van der Waals surface area contributed by atoms with Gasteiger partial charge in [0.05, 0.1) is 24.1 Å². The van der Waals surface area contributed by atoms with Crippen LogP contribution in [0.2, 0.25) is 0 Å². The number of nitrogens with zero attached hydrogens (tertiary/aromatic N) is 2. The van der Waals surface area contributed by atoms with Crippen molar-refractivity contribution in [3.05, 3.63) is 56.2 Å². The Hall–Kier alpha value is -1.84.